The molecule has 0 fully saturated rings. The summed E-state index contributed by atoms with van der Waals surface area (Å²) in [6.07, 6.45) is 1.08. The summed E-state index contributed by atoms with van der Waals surface area (Å²) in [6.45, 7) is 2.53. The van der Waals surface area contributed by atoms with Crippen LogP contribution in [0.25, 0.3) is 0 Å². The van der Waals surface area contributed by atoms with Crippen LogP contribution in [0.2, 0.25) is 0 Å². The second kappa shape index (κ2) is 8.49. The first-order valence-corrected chi connectivity index (χ1v) is 6.08. The number of carboxylic acids is 1. The lowest BCUT2D eigenvalue weighted by molar-refractivity contribution is -0.138. The van der Waals surface area contributed by atoms with Gasteiger partial charge in [-0.1, -0.05) is 0 Å². The Labute approximate surface area is 108 Å². The van der Waals surface area contributed by atoms with Crippen LogP contribution < -0.4 is 0 Å². The largest absolute Gasteiger partial charge is 0.481 e. The van der Waals surface area contributed by atoms with E-state index in [1.165, 1.54) is 9.80 Å². The van der Waals surface area contributed by atoms with Gasteiger partial charge in [-0.25, -0.2) is 0 Å². The highest BCUT2D eigenvalue weighted by atomic mass is 16.4. The molecule has 1 N–H and O–H groups in total. The average Bonchev–Trinajstić information content (AvgIpc) is 2.29. The van der Waals surface area contributed by atoms with E-state index in [0.29, 0.717) is 19.4 Å². The lowest BCUT2D eigenvalue weighted by Gasteiger charge is -2.20. The van der Waals surface area contributed by atoms with Gasteiger partial charge in [0.25, 0.3) is 0 Å². The van der Waals surface area contributed by atoms with E-state index in [1.54, 1.807) is 14.1 Å². The summed E-state index contributed by atoms with van der Waals surface area (Å²) < 4.78 is 0. The molecule has 0 aromatic carbocycles. The van der Waals surface area contributed by atoms with Crippen LogP contribution in [0.15, 0.2) is 0 Å². The van der Waals surface area contributed by atoms with E-state index in [4.69, 9.17) is 5.11 Å². The standard InChI is InChI=1S/C12H22N2O4/c1-4-14(9-8-12(17)18)11(16)7-5-6-10(15)13(2)3/h4-9H2,1-3H3,(H,17,18). The van der Waals surface area contributed by atoms with Crippen LogP contribution in [0.1, 0.15) is 32.6 Å². The molecule has 0 aliphatic heterocycles. The van der Waals surface area contributed by atoms with Crippen molar-refractivity contribution in [3.63, 3.8) is 0 Å². The second-order valence-corrected chi connectivity index (χ2v) is 4.26. The third-order valence-electron chi connectivity index (χ3n) is 2.61. The summed E-state index contributed by atoms with van der Waals surface area (Å²) in [5.74, 6) is -1.01. The number of hydrogen-bond acceptors (Lipinski definition) is 3. The van der Waals surface area contributed by atoms with Crippen LogP contribution >= 0.6 is 0 Å². The van der Waals surface area contributed by atoms with Crippen molar-refractivity contribution in [2.75, 3.05) is 27.2 Å². The number of aliphatic carboxylic acids is 1. The van der Waals surface area contributed by atoms with Gasteiger partial charge in [-0.15, -0.1) is 0 Å². The van der Waals surface area contributed by atoms with Gasteiger partial charge in [-0.05, 0) is 13.3 Å². The minimum absolute atomic E-state index is 0.00335. The van der Waals surface area contributed by atoms with E-state index >= 15 is 0 Å². The molecule has 18 heavy (non-hydrogen) atoms. The fourth-order valence-corrected chi connectivity index (χ4v) is 1.46. The molecular formula is C12H22N2O4. The molecule has 0 saturated carbocycles. The van der Waals surface area contributed by atoms with E-state index in [0.717, 1.165) is 0 Å². The van der Waals surface area contributed by atoms with Crippen LogP contribution in [-0.2, 0) is 14.4 Å². The summed E-state index contributed by atoms with van der Waals surface area (Å²) in [7, 11) is 3.35. The number of rotatable bonds is 8. The summed E-state index contributed by atoms with van der Waals surface area (Å²) >= 11 is 0. The number of nitrogens with zero attached hydrogens (tertiary/aromatic N) is 2. The Morgan fingerprint density at radius 2 is 1.56 bits per heavy atom. The first-order chi connectivity index (χ1) is 8.38. The third kappa shape index (κ3) is 6.88. The summed E-state index contributed by atoms with van der Waals surface area (Å²) in [6, 6.07) is 0. The third-order valence-corrected chi connectivity index (χ3v) is 2.61. The van der Waals surface area contributed by atoms with Crippen molar-refractivity contribution in [2.24, 2.45) is 0 Å². The number of carboxylic acid groups (broad SMARTS) is 1. The lowest BCUT2D eigenvalue weighted by atomic mass is 10.2. The van der Waals surface area contributed by atoms with E-state index in [1.807, 2.05) is 6.92 Å². The van der Waals surface area contributed by atoms with E-state index in [2.05, 4.69) is 0 Å². The molecule has 0 atom stereocenters. The Bertz CT molecular complexity index is 302. The first kappa shape index (κ1) is 16.4. The molecule has 2 amide bonds. The number of carbonyl (C=O) groups excluding carboxylic acids is 2. The molecule has 0 saturated heterocycles. The van der Waals surface area contributed by atoms with E-state index in [9.17, 15) is 14.4 Å². The summed E-state index contributed by atoms with van der Waals surface area (Å²) in [4.78, 5) is 36.5. The van der Waals surface area contributed by atoms with Gasteiger partial charge >= 0.3 is 5.97 Å². The van der Waals surface area contributed by atoms with E-state index in [-0.39, 0.29) is 31.2 Å². The minimum atomic E-state index is -0.913. The van der Waals surface area contributed by atoms with Gasteiger partial charge < -0.3 is 14.9 Å². The van der Waals surface area contributed by atoms with Gasteiger partial charge in [0.1, 0.15) is 0 Å². The van der Waals surface area contributed by atoms with Crippen LogP contribution in [0, 0.1) is 0 Å². The zero-order chi connectivity index (χ0) is 14.1. The maximum Gasteiger partial charge on any atom is 0.305 e. The monoisotopic (exact) mass is 258 g/mol. The highest BCUT2D eigenvalue weighted by Crippen LogP contribution is 2.03. The lowest BCUT2D eigenvalue weighted by Crippen LogP contribution is -2.33. The molecule has 0 unspecified atom stereocenters. The molecule has 6 heteroatoms. The van der Waals surface area contributed by atoms with Gasteiger partial charge in [-0.2, -0.15) is 0 Å². The van der Waals surface area contributed by atoms with Gasteiger partial charge in [-0.3, -0.25) is 14.4 Å². The van der Waals surface area contributed by atoms with E-state index < -0.39 is 5.97 Å². The van der Waals surface area contributed by atoms with Crippen molar-refractivity contribution in [1.29, 1.82) is 0 Å². The maximum atomic E-state index is 11.7. The highest BCUT2D eigenvalue weighted by molar-refractivity contribution is 5.79. The normalized spacial score (nSPS) is 9.94. The van der Waals surface area contributed by atoms with Crippen molar-refractivity contribution in [1.82, 2.24) is 9.80 Å². The predicted octanol–water partition coefficient (Wildman–Crippen LogP) is 0.568. The van der Waals surface area contributed by atoms with Crippen molar-refractivity contribution in [2.45, 2.75) is 32.6 Å². The Morgan fingerprint density at radius 3 is 2.00 bits per heavy atom. The smallest absolute Gasteiger partial charge is 0.305 e. The Kier molecular flexibility index (Phi) is 7.74. The van der Waals surface area contributed by atoms with Crippen LogP contribution in [0.3, 0.4) is 0 Å². The topological polar surface area (TPSA) is 77.9 Å². The SMILES string of the molecule is CCN(CCC(=O)O)C(=O)CCCC(=O)N(C)C. The molecule has 0 aromatic rings. The van der Waals surface area contributed by atoms with Crippen molar-refractivity contribution >= 4 is 17.8 Å². The first-order valence-electron chi connectivity index (χ1n) is 6.08. The van der Waals surface area contributed by atoms with Crippen molar-refractivity contribution in [3.05, 3.63) is 0 Å². The number of amides is 2. The van der Waals surface area contributed by atoms with Gasteiger partial charge in [0.15, 0.2) is 0 Å². The van der Waals surface area contributed by atoms with Gasteiger partial charge in [0.2, 0.25) is 11.8 Å². The second-order valence-electron chi connectivity index (χ2n) is 4.26. The fourth-order valence-electron chi connectivity index (χ4n) is 1.46. The molecule has 6 nitrogen and oxygen atoms in total. The predicted molar refractivity (Wildman–Crippen MR) is 67.1 cm³/mol. The fraction of sp³-hybridized carbons (Fsp3) is 0.750. The zero-order valence-corrected chi connectivity index (χ0v) is 11.3. The molecule has 0 radical (unpaired) electrons. The Morgan fingerprint density at radius 1 is 1.00 bits per heavy atom. The quantitative estimate of drug-likeness (QED) is 0.690. The molecule has 0 aromatic heterocycles. The molecule has 0 aliphatic rings. The molecule has 0 heterocycles. The van der Waals surface area contributed by atoms with Crippen molar-refractivity contribution in [3.8, 4) is 0 Å². The number of hydrogen-bond donors (Lipinski definition) is 1. The zero-order valence-electron chi connectivity index (χ0n) is 11.3. The van der Waals surface area contributed by atoms with Crippen LogP contribution in [0.5, 0.6) is 0 Å². The summed E-state index contributed by atoms with van der Waals surface area (Å²) in [5, 5.41) is 8.56. The highest BCUT2D eigenvalue weighted by Gasteiger charge is 2.13. The number of carbonyl (C=O) groups is 3. The van der Waals surface area contributed by atoms with Crippen molar-refractivity contribution < 1.29 is 19.5 Å². The molecule has 104 valence electrons. The van der Waals surface area contributed by atoms with Gasteiger partial charge in [0, 0.05) is 40.0 Å². The molecule has 0 spiro atoms. The maximum absolute atomic E-state index is 11.7. The minimum Gasteiger partial charge on any atom is -0.481 e. The summed E-state index contributed by atoms with van der Waals surface area (Å²) in [5.41, 5.74) is 0. The average molecular weight is 258 g/mol. The molecule has 0 aliphatic carbocycles. The van der Waals surface area contributed by atoms with Gasteiger partial charge in [0.05, 0.1) is 6.42 Å². The Balaban J connectivity index is 3.97. The molecular weight excluding hydrogens is 236 g/mol. The molecule has 0 bridgehead atoms. The van der Waals surface area contributed by atoms with Crippen LogP contribution in [0.4, 0.5) is 0 Å². The Hall–Kier alpha value is -1.59. The molecule has 0 rings (SSSR count). The van der Waals surface area contributed by atoms with Crippen LogP contribution in [-0.4, -0.2) is 59.9 Å².